The Balaban J connectivity index is 2.80. The second-order valence-electron chi connectivity index (χ2n) is 4.32. The van der Waals surface area contributed by atoms with Crippen molar-refractivity contribution in [3.05, 3.63) is 24.3 Å². The normalized spacial score (nSPS) is 12.7. The van der Waals surface area contributed by atoms with Crippen LogP contribution in [0.5, 0.6) is 0 Å². The first kappa shape index (κ1) is 17.4. The lowest BCUT2D eigenvalue weighted by Gasteiger charge is -2.15. The van der Waals surface area contributed by atoms with Gasteiger partial charge in [0.1, 0.15) is 6.04 Å². The number of methoxy groups -OCH3 is 1. The van der Waals surface area contributed by atoms with Crippen LogP contribution >= 0.6 is 0 Å². The molecule has 0 amide bonds. The molecule has 0 spiro atoms. The maximum Gasteiger partial charge on any atom is 0.330 e. The van der Waals surface area contributed by atoms with E-state index < -0.39 is 28.6 Å². The first-order valence-corrected chi connectivity index (χ1v) is 7.98. The molecule has 0 aliphatic heterocycles. The van der Waals surface area contributed by atoms with Gasteiger partial charge in [0, 0.05) is 12.2 Å². The van der Waals surface area contributed by atoms with Crippen molar-refractivity contribution in [2.24, 2.45) is 0 Å². The Morgan fingerprint density at radius 1 is 1.33 bits per heavy atom. The molecule has 7 nitrogen and oxygen atoms in total. The van der Waals surface area contributed by atoms with Crippen molar-refractivity contribution in [2.75, 3.05) is 25.6 Å². The molecule has 0 aromatic heterocycles. The molecule has 0 aliphatic rings. The van der Waals surface area contributed by atoms with Gasteiger partial charge in [-0.15, -0.1) is 0 Å². The average molecular weight is 316 g/mol. The molecule has 1 aromatic carbocycles. The van der Waals surface area contributed by atoms with E-state index in [9.17, 15) is 13.2 Å². The Bertz CT molecular complexity index is 556. The standard InChI is InChI=1S/C13H20N2O5S/c1-3-8-14-21(18,19)11-6-4-10(5-7-11)15-12(9-16)13(17)20-2/h4-7,12,14-16H,3,8-9H2,1-2H3. The molecule has 0 bridgehead atoms. The molecule has 1 rings (SSSR count). The second-order valence-corrected chi connectivity index (χ2v) is 6.09. The number of esters is 1. The quantitative estimate of drug-likeness (QED) is 0.597. The van der Waals surface area contributed by atoms with Gasteiger partial charge in [0.25, 0.3) is 0 Å². The Labute approximate surface area is 124 Å². The van der Waals surface area contributed by atoms with Gasteiger partial charge in [-0.05, 0) is 30.7 Å². The van der Waals surface area contributed by atoms with E-state index in [1.807, 2.05) is 6.92 Å². The average Bonchev–Trinajstić information content (AvgIpc) is 2.50. The number of anilines is 1. The summed E-state index contributed by atoms with van der Waals surface area (Å²) in [5.74, 6) is -0.598. The number of sulfonamides is 1. The van der Waals surface area contributed by atoms with Crippen LogP contribution in [0.4, 0.5) is 5.69 Å². The van der Waals surface area contributed by atoms with Crippen LogP contribution in [0.15, 0.2) is 29.2 Å². The van der Waals surface area contributed by atoms with Gasteiger partial charge in [-0.2, -0.15) is 0 Å². The fraction of sp³-hybridized carbons (Fsp3) is 0.462. The van der Waals surface area contributed by atoms with E-state index in [0.29, 0.717) is 18.7 Å². The lowest BCUT2D eigenvalue weighted by molar-refractivity contribution is -0.142. The van der Waals surface area contributed by atoms with Crippen molar-refractivity contribution in [1.82, 2.24) is 4.72 Å². The fourth-order valence-electron chi connectivity index (χ4n) is 1.57. The molecule has 0 heterocycles. The molecule has 0 radical (unpaired) electrons. The number of aliphatic hydroxyl groups is 1. The van der Waals surface area contributed by atoms with Gasteiger partial charge in [-0.1, -0.05) is 6.92 Å². The molecular weight excluding hydrogens is 296 g/mol. The van der Waals surface area contributed by atoms with Crippen molar-refractivity contribution in [3.63, 3.8) is 0 Å². The molecule has 1 aromatic rings. The van der Waals surface area contributed by atoms with Gasteiger partial charge >= 0.3 is 5.97 Å². The molecule has 1 unspecified atom stereocenters. The summed E-state index contributed by atoms with van der Waals surface area (Å²) < 4.78 is 30.8. The van der Waals surface area contributed by atoms with Crippen LogP contribution in [-0.4, -0.2) is 45.8 Å². The SMILES string of the molecule is CCCNS(=O)(=O)c1ccc(NC(CO)C(=O)OC)cc1. The number of nitrogens with one attached hydrogen (secondary N) is 2. The summed E-state index contributed by atoms with van der Waals surface area (Å²) in [5.41, 5.74) is 0.508. The van der Waals surface area contributed by atoms with Gasteiger partial charge < -0.3 is 15.2 Å². The fourth-order valence-corrected chi connectivity index (χ4v) is 2.71. The predicted octanol–water partition coefficient (Wildman–Crippen LogP) is 0.321. The maximum absolute atomic E-state index is 11.9. The highest BCUT2D eigenvalue weighted by Gasteiger charge is 2.18. The molecule has 21 heavy (non-hydrogen) atoms. The van der Waals surface area contributed by atoms with Crippen molar-refractivity contribution >= 4 is 21.7 Å². The topological polar surface area (TPSA) is 105 Å². The van der Waals surface area contributed by atoms with Crippen LogP contribution in [0.3, 0.4) is 0 Å². The summed E-state index contributed by atoms with van der Waals surface area (Å²) in [6, 6.07) is 4.99. The third kappa shape index (κ3) is 5.00. The van der Waals surface area contributed by atoms with E-state index in [0.717, 1.165) is 0 Å². The summed E-state index contributed by atoms with van der Waals surface area (Å²) in [6.45, 7) is 1.82. The van der Waals surface area contributed by atoms with Gasteiger partial charge in [0.05, 0.1) is 18.6 Å². The summed E-state index contributed by atoms with van der Waals surface area (Å²) in [7, 11) is -2.29. The molecular formula is C13H20N2O5S. The maximum atomic E-state index is 11.9. The Kier molecular flexibility index (Phi) is 6.60. The van der Waals surface area contributed by atoms with Crippen LogP contribution in [0.1, 0.15) is 13.3 Å². The molecule has 0 saturated heterocycles. The van der Waals surface area contributed by atoms with Gasteiger partial charge in [0.15, 0.2) is 0 Å². The lowest BCUT2D eigenvalue weighted by atomic mass is 10.2. The minimum absolute atomic E-state index is 0.139. The van der Waals surface area contributed by atoms with E-state index in [2.05, 4.69) is 14.8 Å². The third-order valence-electron chi connectivity index (χ3n) is 2.72. The highest BCUT2D eigenvalue weighted by atomic mass is 32.2. The summed E-state index contributed by atoms with van der Waals surface area (Å²) >= 11 is 0. The first-order valence-electron chi connectivity index (χ1n) is 6.49. The summed E-state index contributed by atoms with van der Waals surface area (Å²) in [6.07, 6.45) is 0.705. The highest BCUT2D eigenvalue weighted by molar-refractivity contribution is 7.89. The molecule has 8 heteroatoms. The zero-order chi connectivity index (χ0) is 15.9. The van der Waals surface area contributed by atoms with Gasteiger partial charge in [-0.25, -0.2) is 17.9 Å². The van der Waals surface area contributed by atoms with E-state index in [-0.39, 0.29) is 4.90 Å². The van der Waals surface area contributed by atoms with E-state index in [1.54, 1.807) is 0 Å². The zero-order valence-corrected chi connectivity index (χ0v) is 12.8. The third-order valence-corrected chi connectivity index (χ3v) is 4.19. The number of hydrogen-bond acceptors (Lipinski definition) is 6. The Morgan fingerprint density at radius 3 is 2.43 bits per heavy atom. The number of carbonyl (C=O) groups is 1. The van der Waals surface area contributed by atoms with Crippen molar-refractivity contribution < 1.29 is 23.1 Å². The van der Waals surface area contributed by atoms with E-state index in [1.165, 1.54) is 31.4 Å². The number of ether oxygens (including phenoxy) is 1. The van der Waals surface area contributed by atoms with Gasteiger partial charge in [0.2, 0.25) is 10.0 Å². The van der Waals surface area contributed by atoms with Crippen LogP contribution in [-0.2, 0) is 19.6 Å². The van der Waals surface area contributed by atoms with Crippen molar-refractivity contribution in [1.29, 1.82) is 0 Å². The molecule has 0 aliphatic carbocycles. The molecule has 0 saturated carbocycles. The minimum Gasteiger partial charge on any atom is -0.467 e. The van der Waals surface area contributed by atoms with E-state index in [4.69, 9.17) is 5.11 Å². The highest BCUT2D eigenvalue weighted by Crippen LogP contribution is 2.15. The Morgan fingerprint density at radius 2 is 1.95 bits per heavy atom. The largest absolute Gasteiger partial charge is 0.467 e. The number of aliphatic hydroxyl groups excluding tert-OH is 1. The van der Waals surface area contributed by atoms with Crippen LogP contribution < -0.4 is 10.0 Å². The number of carbonyl (C=O) groups excluding carboxylic acids is 1. The van der Waals surface area contributed by atoms with Crippen molar-refractivity contribution in [3.8, 4) is 0 Å². The predicted molar refractivity (Wildman–Crippen MR) is 78.4 cm³/mol. The van der Waals surface area contributed by atoms with Crippen LogP contribution in [0.2, 0.25) is 0 Å². The molecule has 0 fully saturated rings. The molecule has 118 valence electrons. The lowest BCUT2D eigenvalue weighted by Crippen LogP contribution is -2.34. The van der Waals surface area contributed by atoms with Crippen LogP contribution in [0, 0.1) is 0 Å². The second kappa shape index (κ2) is 7.96. The monoisotopic (exact) mass is 316 g/mol. The summed E-state index contributed by atoms with van der Waals surface area (Å²) in [4.78, 5) is 11.5. The van der Waals surface area contributed by atoms with Crippen LogP contribution in [0.25, 0.3) is 0 Å². The van der Waals surface area contributed by atoms with Gasteiger partial charge in [-0.3, -0.25) is 0 Å². The number of rotatable bonds is 8. The minimum atomic E-state index is -3.51. The smallest absolute Gasteiger partial charge is 0.330 e. The zero-order valence-electron chi connectivity index (χ0n) is 12.0. The number of hydrogen-bond donors (Lipinski definition) is 3. The van der Waals surface area contributed by atoms with Crippen molar-refractivity contribution in [2.45, 2.75) is 24.3 Å². The Hall–Kier alpha value is -1.64. The van der Waals surface area contributed by atoms with E-state index >= 15 is 0 Å². The first-order chi connectivity index (χ1) is 9.94. The number of benzene rings is 1. The molecule has 1 atom stereocenters. The molecule has 3 N–H and O–H groups in total. The summed E-state index contributed by atoms with van der Waals surface area (Å²) in [5, 5.41) is 11.9.